The molecule has 2 aromatic carbocycles. The number of nitrogens with zero attached hydrogens (tertiary/aromatic N) is 6. The Balaban J connectivity index is 1.42. The molecule has 0 spiro atoms. The van der Waals surface area contributed by atoms with Gasteiger partial charge in [0.1, 0.15) is 24.0 Å². The van der Waals surface area contributed by atoms with Crippen LogP contribution in [0.5, 0.6) is 5.75 Å². The van der Waals surface area contributed by atoms with Gasteiger partial charge in [0.15, 0.2) is 0 Å². The van der Waals surface area contributed by atoms with Crippen LogP contribution in [0.4, 0.5) is 11.5 Å². The topological polar surface area (TPSA) is 81.0 Å². The lowest BCUT2D eigenvalue weighted by atomic mass is 10.0. The molecular weight excluding hydrogens is 458 g/mol. The summed E-state index contributed by atoms with van der Waals surface area (Å²) in [5.74, 6) is 1.54. The molecule has 1 aliphatic heterocycles. The highest BCUT2D eigenvalue weighted by molar-refractivity contribution is 7.16. The van der Waals surface area contributed by atoms with E-state index in [0.29, 0.717) is 0 Å². The largest absolute Gasteiger partial charge is 0.489 e. The van der Waals surface area contributed by atoms with Crippen molar-refractivity contribution in [3.63, 3.8) is 0 Å². The first-order valence-electron chi connectivity index (χ1n) is 11.9. The van der Waals surface area contributed by atoms with Gasteiger partial charge in [-0.3, -0.25) is 4.68 Å². The summed E-state index contributed by atoms with van der Waals surface area (Å²) in [5.41, 5.74) is 6.72. The molecule has 1 aliphatic rings. The van der Waals surface area contributed by atoms with Gasteiger partial charge in [0, 0.05) is 37.6 Å². The van der Waals surface area contributed by atoms with E-state index in [1.54, 1.807) is 17.7 Å². The van der Waals surface area contributed by atoms with E-state index in [4.69, 9.17) is 4.74 Å². The quantitative estimate of drug-likeness (QED) is 0.352. The Morgan fingerprint density at radius 1 is 1.06 bits per heavy atom. The zero-order valence-electron chi connectivity index (χ0n) is 19.8. The molecule has 4 heterocycles. The lowest BCUT2D eigenvalue weighted by Gasteiger charge is -2.31. The van der Waals surface area contributed by atoms with Gasteiger partial charge in [-0.15, -0.1) is 11.3 Å². The second-order valence-corrected chi connectivity index (χ2v) is 9.79. The minimum absolute atomic E-state index is 0.159. The van der Waals surface area contributed by atoms with Crippen LogP contribution in [0.25, 0.3) is 32.2 Å². The standard InChI is InChI=1S/C26H27N7OS/c1-3-33-8-6-20(7-9-33)34-23-11-17(18-13-30-32(2)14-18)10-22-25(23)26(28-15-27-22)31-19-4-5-21-24(12-19)35-16-29-21/h4-5,10-16,20H,3,6-9H2,1-2H3,(H,27,28,31). The summed E-state index contributed by atoms with van der Waals surface area (Å²) < 4.78 is 9.62. The third kappa shape index (κ3) is 4.44. The first-order valence-corrected chi connectivity index (χ1v) is 12.8. The second-order valence-electron chi connectivity index (χ2n) is 8.90. The fraction of sp³-hybridized carbons (Fsp3) is 0.308. The van der Waals surface area contributed by atoms with Crippen molar-refractivity contribution in [2.45, 2.75) is 25.9 Å². The smallest absolute Gasteiger partial charge is 0.145 e. The molecular formula is C26H27N7OS. The van der Waals surface area contributed by atoms with Crippen molar-refractivity contribution in [1.29, 1.82) is 0 Å². The number of hydrogen-bond acceptors (Lipinski definition) is 8. The number of rotatable bonds is 6. The summed E-state index contributed by atoms with van der Waals surface area (Å²) in [6.45, 7) is 5.40. The van der Waals surface area contributed by atoms with Gasteiger partial charge in [0.05, 0.1) is 32.8 Å². The molecule has 6 rings (SSSR count). The van der Waals surface area contributed by atoms with Crippen molar-refractivity contribution in [3.8, 4) is 16.9 Å². The Morgan fingerprint density at radius 2 is 1.94 bits per heavy atom. The van der Waals surface area contributed by atoms with Gasteiger partial charge in [0.25, 0.3) is 0 Å². The van der Waals surface area contributed by atoms with Gasteiger partial charge >= 0.3 is 0 Å². The molecule has 8 nitrogen and oxygen atoms in total. The Labute approximate surface area is 207 Å². The highest BCUT2D eigenvalue weighted by Crippen LogP contribution is 2.37. The third-order valence-electron chi connectivity index (χ3n) is 6.61. The number of benzene rings is 2. The number of nitrogens with one attached hydrogen (secondary N) is 1. The maximum atomic E-state index is 6.68. The molecule has 0 aliphatic carbocycles. The summed E-state index contributed by atoms with van der Waals surface area (Å²) in [5, 5.41) is 8.75. The Morgan fingerprint density at radius 3 is 2.74 bits per heavy atom. The van der Waals surface area contributed by atoms with Gasteiger partial charge in [0.2, 0.25) is 0 Å². The predicted molar refractivity (Wildman–Crippen MR) is 140 cm³/mol. The fourth-order valence-electron chi connectivity index (χ4n) is 4.67. The molecule has 1 N–H and O–H groups in total. The van der Waals surface area contributed by atoms with Crippen molar-refractivity contribution in [3.05, 3.63) is 54.6 Å². The van der Waals surface area contributed by atoms with Crippen LogP contribution >= 0.6 is 11.3 Å². The van der Waals surface area contributed by atoms with Crippen LogP contribution in [-0.2, 0) is 7.05 Å². The molecule has 35 heavy (non-hydrogen) atoms. The molecule has 178 valence electrons. The van der Waals surface area contributed by atoms with E-state index in [9.17, 15) is 0 Å². The number of fused-ring (bicyclic) bond motifs is 2. The van der Waals surface area contributed by atoms with Crippen LogP contribution in [0, 0.1) is 0 Å². The predicted octanol–water partition coefficient (Wildman–Crippen LogP) is 5.25. The van der Waals surface area contributed by atoms with Gasteiger partial charge in [-0.1, -0.05) is 6.92 Å². The SMILES string of the molecule is CCN1CCC(Oc2cc(-c3cnn(C)c3)cc3ncnc(Nc4ccc5ncsc5c4)c23)CC1. The summed E-state index contributed by atoms with van der Waals surface area (Å²) in [6, 6.07) is 10.3. The van der Waals surface area contributed by atoms with E-state index in [1.807, 2.05) is 41.8 Å². The Bertz CT molecular complexity index is 1490. The van der Waals surface area contributed by atoms with Crippen LogP contribution in [0.15, 0.2) is 54.6 Å². The van der Waals surface area contributed by atoms with Gasteiger partial charge in [-0.2, -0.15) is 5.10 Å². The van der Waals surface area contributed by atoms with E-state index in [-0.39, 0.29) is 6.10 Å². The van der Waals surface area contributed by atoms with Crippen LogP contribution in [0.3, 0.4) is 0 Å². The molecule has 0 atom stereocenters. The highest BCUT2D eigenvalue weighted by Gasteiger charge is 2.22. The molecule has 0 amide bonds. The fourth-order valence-corrected chi connectivity index (χ4v) is 5.39. The van der Waals surface area contributed by atoms with Crippen molar-refractivity contribution >= 4 is 44.0 Å². The van der Waals surface area contributed by atoms with E-state index in [0.717, 1.165) is 82.0 Å². The zero-order chi connectivity index (χ0) is 23.8. The number of thiazole rings is 1. The number of aromatic nitrogens is 5. The maximum Gasteiger partial charge on any atom is 0.145 e. The molecule has 1 saturated heterocycles. The molecule has 9 heteroatoms. The molecule has 0 saturated carbocycles. The van der Waals surface area contributed by atoms with Crippen LogP contribution in [-0.4, -0.2) is 55.4 Å². The van der Waals surface area contributed by atoms with Crippen LogP contribution < -0.4 is 10.1 Å². The van der Waals surface area contributed by atoms with Crippen molar-refractivity contribution < 1.29 is 4.74 Å². The molecule has 0 radical (unpaired) electrons. The van der Waals surface area contributed by atoms with E-state index in [2.05, 4.69) is 55.4 Å². The van der Waals surface area contributed by atoms with Crippen molar-refractivity contribution in [2.75, 3.05) is 25.0 Å². The van der Waals surface area contributed by atoms with Crippen molar-refractivity contribution in [2.24, 2.45) is 7.05 Å². The zero-order valence-corrected chi connectivity index (χ0v) is 20.6. The number of hydrogen-bond donors (Lipinski definition) is 1. The van der Waals surface area contributed by atoms with Crippen molar-refractivity contribution in [1.82, 2.24) is 29.6 Å². The average Bonchev–Trinajstić information content (AvgIpc) is 3.53. The molecule has 5 aromatic rings. The lowest BCUT2D eigenvalue weighted by molar-refractivity contribution is 0.105. The number of ether oxygens (including phenoxy) is 1. The normalized spacial score (nSPS) is 15.1. The maximum absolute atomic E-state index is 6.68. The third-order valence-corrected chi connectivity index (χ3v) is 7.40. The average molecular weight is 486 g/mol. The summed E-state index contributed by atoms with van der Waals surface area (Å²) in [7, 11) is 1.92. The number of anilines is 2. The Hall–Kier alpha value is -3.56. The highest BCUT2D eigenvalue weighted by atomic mass is 32.1. The minimum Gasteiger partial charge on any atom is -0.489 e. The van der Waals surface area contributed by atoms with Gasteiger partial charge in [-0.05, 0) is 55.3 Å². The number of likely N-dealkylation sites (tertiary alicyclic amines) is 1. The first kappa shape index (κ1) is 21.9. The van der Waals surface area contributed by atoms with E-state index >= 15 is 0 Å². The molecule has 1 fully saturated rings. The number of aryl methyl sites for hydroxylation is 1. The summed E-state index contributed by atoms with van der Waals surface area (Å²) >= 11 is 1.63. The van der Waals surface area contributed by atoms with E-state index in [1.165, 1.54) is 0 Å². The van der Waals surface area contributed by atoms with Gasteiger partial charge < -0.3 is 15.0 Å². The monoisotopic (exact) mass is 485 g/mol. The summed E-state index contributed by atoms with van der Waals surface area (Å²) in [6.07, 6.45) is 7.65. The first-order chi connectivity index (χ1) is 17.2. The molecule has 0 unspecified atom stereocenters. The van der Waals surface area contributed by atoms with E-state index < -0.39 is 0 Å². The Kier molecular flexibility index (Phi) is 5.79. The summed E-state index contributed by atoms with van der Waals surface area (Å²) in [4.78, 5) is 16.1. The molecule has 0 bridgehead atoms. The van der Waals surface area contributed by atoms with Gasteiger partial charge in [-0.25, -0.2) is 15.0 Å². The lowest BCUT2D eigenvalue weighted by Crippen LogP contribution is -2.38. The number of piperidine rings is 1. The second kappa shape index (κ2) is 9.24. The van der Waals surface area contributed by atoms with Crippen LogP contribution in [0.2, 0.25) is 0 Å². The minimum atomic E-state index is 0.159. The molecule has 3 aromatic heterocycles. The van der Waals surface area contributed by atoms with Crippen LogP contribution in [0.1, 0.15) is 19.8 Å².